The fourth-order valence-corrected chi connectivity index (χ4v) is 2.81. The summed E-state index contributed by atoms with van der Waals surface area (Å²) >= 11 is 0. The molecule has 29 heavy (non-hydrogen) atoms. The highest BCUT2D eigenvalue weighted by Crippen LogP contribution is 2.32. The summed E-state index contributed by atoms with van der Waals surface area (Å²) in [7, 11) is 0. The Bertz CT molecular complexity index is 1100. The van der Waals surface area contributed by atoms with Gasteiger partial charge in [0.15, 0.2) is 5.75 Å². The molecule has 0 aliphatic rings. The first kappa shape index (κ1) is 18.3. The SMILES string of the molecule is O=C(Oc1cccc(Nc2ccccc2Oc2ccccc2)c1)c1ccccc1. The molecule has 0 unspecified atom stereocenters. The number of ether oxygens (including phenoxy) is 2. The first-order valence-corrected chi connectivity index (χ1v) is 9.24. The lowest BCUT2D eigenvalue weighted by atomic mass is 10.2. The number of anilines is 2. The summed E-state index contributed by atoms with van der Waals surface area (Å²) in [6.45, 7) is 0. The van der Waals surface area contributed by atoms with Gasteiger partial charge in [-0.1, -0.05) is 54.6 Å². The fraction of sp³-hybridized carbons (Fsp3) is 0. The van der Waals surface area contributed by atoms with Crippen LogP contribution in [0.3, 0.4) is 0 Å². The van der Waals surface area contributed by atoms with Crippen molar-refractivity contribution in [1.82, 2.24) is 0 Å². The van der Waals surface area contributed by atoms with Gasteiger partial charge in [-0.25, -0.2) is 4.79 Å². The van der Waals surface area contributed by atoms with Gasteiger partial charge in [0, 0.05) is 11.8 Å². The molecule has 4 nitrogen and oxygen atoms in total. The van der Waals surface area contributed by atoms with Crippen molar-refractivity contribution in [3.63, 3.8) is 0 Å². The van der Waals surface area contributed by atoms with Gasteiger partial charge in [0.05, 0.1) is 11.3 Å². The van der Waals surface area contributed by atoms with Crippen LogP contribution in [-0.2, 0) is 0 Å². The van der Waals surface area contributed by atoms with Crippen molar-refractivity contribution in [3.8, 4) is 17.2 Å². The molecule has 4 heteroatoms. The number of benzene rings is 4. The molecule has 0 radical (unpaired) electrons. The number of carbonyl (C=O) groups is 1. The van der Waals surface area contributed by atoms with E-state index < -0.39 is 5.97 Å². The number of rotatable bonds is 6. The van der Waals surface area contributed by atoms with Gasteiger partial charge in [-0.05, 0) is 48.5 Å². The van der Waals surface area contributed by atoms with Crippen LogP contribution in [0.1, 0.15) is 10.4 Å². The fourth-order valence-electron chi connectivity index (χ4n) is 2.81. The average Bonchev–Trinajstić information content (AvgIpc) is 2.77. The molecular formula is C25H19NO3. The number of hydrogen-bond acceptors (Lipinski definition) is 4. The summed E-state index contributed by atoms with van der Waals surface area (Å²) in [5, 5.41) is 3.33. The van der Waals surface area contributed by atoms with Crippen LogP contribution in [0.5, 0.6) is 17.2 Å². The van der Waals surface area contributed by atoms with E-state index in [2.05, 4.69) is 5.32 Å². The molecule has 4 rings (SSSR count). The summed E-state index contributed by atoms with van der Waals surface area (Å²) in [6, 6.07) is 33.5. The second kappa shape index (κ2) is 8.76. The Kier molecular flexibility index (Phi) is 5.53. The molecule has 0 spiro atoms. The maximum Gasteiger partial charge on any atom is 0.343 e. The predicted octanol–water partition coefficient (Wildman–Crippen LogP) is 6.44. The van der Waals surface area contributed by atoms with E-state index in [0.29, 0.717) is 17.1 Å². The molecule has 142 valence electrons. The first-order valence-electron chi connectivity index (χ1n) is 9.24. The van der Waals surface area contributed by atoms with Crippen molar-refractivity contribution in [3.05, 3.63) is 115 Å². The standard InChI is InChI=1S/C25H19NO3/c27-25(19-10-3-1-4-11-19)29-22-15-9-12-20(18-22)26-23-16-7-8-17-24(23)28-21-13-5-2-6-14-21/h1-18,26H. The van der Waals surface area contributed by atoms with Crippen LogP contribution in [0, 0.1) is 0 Å². The normalized spacial score (nSPS) is 10.2. The maximum atomic E-state index is 12.3. The molecule has 0 bridgehead atoms. The quantitative estimate of drug-likeness (QED) is 0.308. The van der Waals surface area contributed by atoms with Gasteiger partial charge in [-0.15, -0.1) is 0 Å². The van der Waals surface area contributed by atoms with Crippen LogP contribution < -0.4 is 14.8 Å². The summed E-state index contributed by atoms with van der Waals surface area (Å²) in [4.78, 5) is 12.3. The van der Waals surface area contributed by atoms with Gasteiger partial charge in [0.2, 0.25) is 0 Å². The van der Waals surface area contributed by atoms with Crippen molar-refractivity contribution in [2.24, 2.45) is 0 Å². The number of nitrogens with one attached hydrogen (secondary N) is 1. The molecular weight excluding hydrogens is 362 g/mol. The number of esters is 1. The minimum Gasteiger partial charge on any atom is -0.455 e. The summed E-state index contributed by atoms with van der Waals surface area (Å²) in [5.74, 6) is 1.53. The van der Waals surface area contributed by atoms with Crippen LogP contribution in [0.4, 0.5) is 11.4 Å². The van der Waals surface area contributed by atoms with E-state index in [0.717, 1.165) is 17.1 Å². The van der Waals surface area contributed by atoms with Crippen LogP contribution in [-0.4, -0.2) is 5.97 Å². The molecule has 0 saturated heterocycles. The minimum absolute atomic E-state index is 0.393. The summed E-state index contributed by atoms with van der Waals surface area (Å²) in [5.41, 5.74) is 2.10. The Hall–Kier alpha value is -4.05. The van der Waals surface area contributed by atoms with Crippen molar-refractivity contribution < 1.29 is 14.3 Å². The molecule has 0 aliphatic carbocycles. The number of hydrogen-bond donors (Lipinski definition) is 1. The molecule has 0 heterocycles. The molecule has 0 aliphatic heterocycles. The molecule has 0 atom stereocenters. The zero-order valence-electron chi connectivity index (χ0n) is 15.6. The second-order valence-electron chi connectivity index (χ2n) is 6.32. The third-order valence-corrected chi connectivity index (χ3v) is 4.19. The van der Waals surface area contributed by atoms with Gasteiger partial charge in [-0.3, -0.25) is 0 Å². The van der Waals surface area contributed by atoms with Crippen molar-refractivity contribution >= 4 is 17.3 Å². The highest BCUT2D eigenvalue weighted by Gasteiger charge is 2.09. The van der Waals surface area contributed by atoms with E-state index in [1.54, 1.807) is 36.4 Å². The van der Waals surface area contributed by atoms with Crippen LogP contribution in [0.25, 0.3) is 0 Å². The predicted molar refractivity (Wildman–Crippen MR) is 114 cm³/mol. The molecule has 4 aromatic rings. The number of para-hydroxylation sites is 3. The van der Waals surface area contributed by atoms with Crippen LogP contribution >= 0.6 is 0 Å². The second-order valence-corrected chi connectivity index (χ2v) is 6.32. The molecule has 0 fully saturated rings. The molecule has 0 saturated carbocycles. The van der Waals surface area contributed by atoms with E-state index in [-0.39, 0.29) is 0 Å². The van der Waals surface area contributed by atoms with E-state index in [1.807, 2.05) is 72.8 Å². The maximum absolute atomic E-state index is 12.3. The first-order chi connectivity index (χ1) is 14.3. The lowest BCUT2D eigenvalue weighted by molar-refractivity contribution is 0.0735. The van der Waals surface area contributed by atoms with E-state index in [4.69, 9.17) is 9.47 Å². The highest BCUT2D eigenvalue weighted by molar-refractivity contribution is 5.91. The Morgan fingerprint density at radius 3 is 2.10 bits per heavy atom. The third kappa shape index (κ3) is 4.82. The van der Waals surface area contributed by atoms with Gasteiger partial charge in [0.25, 0.3) is 0 Å². The Balaban J connectivity index is 1.51. The largest absolute Gasteiger partial charge is 0.455 e. The van der Waals surface area contributed by atoms with E-state index in [9.17, 15) is 4.79 Å². The van der Waals surface area contributed by atoms with Crippen molar-refractivity contribution in [1.29, 1.82) is 0 Å². The smallest absolute Gasteiger partial charge is 0.343 e. The monoisotopic (exact) mass is 381 g/mol. The van der Waals surface area contributed by atoms with Gasteiger partial charge in [-0.2, -0.15) is 0 Å². The molecule has 4 aromatic carbocycles. The van der Waals surface area contributed by atoms with Crippen LogP contribution in [0.2, 0.25) is 0 Å². The van der Waals surface area contributed by atoms with Gasteiger partial charge < -0.3 is 14.8 Å². The minimum atomic E-state index is -0.393. The number of carbonyl (C=O) groups excluding carboxylic acids is 1. The summed E-state index contributed by atoms with van der Waals surface area (Å²) < 4.78 is 11.5. The average molecular weight is 381 g/mol. The topological polar surface area (TPSA) is 47.6 Å². The van der Waals surface area contributed by atoms with Crippen molar-refractivity contribution in [2.75, 3.05) is 5.32 Å². The Labute approximate surface area is 169 Å². The van der Waals surface area contributed by atoms with Gasteiger partial charge >= 0.3 is 5.97 Å². The zero-order chi connectivity index (χ0) is 19.9. The molecule has 0 aromatic heterocycles. The van der Waals surface area contributed by atoms with Crippen LogP contribution in [0.15, 0.2) is 109 Å². The lowest BCUT2D eigenvalue weighted by Gasteiger charge is -2.13. The molecule has 1 N–H and O–H groups in total. The Morgan fingerprint density at radius 1 is 0.655 bits per heavy atom. The van der Waals surface area contributed by atoms with E-state index in [1.165, 1.54) is 0 Å². The highest BCUT2D eigenvalue weighted by atomic mass is 16.5. The van der Waals surface area contributed by atoms with E-state index >= 15 is 0 Å². The third-order valence-electron chi connectivity index (χ3n) is 4.19. The molecule has 0 amide bonds. The van der Waals surface area contributed by atoms with Gasteiger partial charge in [0.1, 0.15) is 11.5 Å². The van der Waals surface area contributed by atoms with Crippen molar-refractivity contribution in [2.45, 2.75) is 0 Å². The summed E-state index contributed by atoms with van der Waals surface area (Å²) in [6.07, 6.45) is 0. The zero-order valence-corrected chi connectivity index (χ0v) is 15.6. The Morgan fingerprint density at radius 2 is 1.31 bits per heavy atom. The lowest BCUT2D eigenvalue weighted by Crippen LogP contribution is -2.08.